The molecule has 1 heterocycles. The van der Waals surface area contributed by atoms with Crippen LogP contribution in [0.4, 0.5) is 5.69 Å². The Hall–Kier alpha value is -2.88. The minimum Gasteiger partial charge on any atom is -0.486 e. The fourth-order valence-electron chi connectivity index (χ4n) is 2.38. The van der Waals surface area contributed by atoms with Crippen LogP contribution in [0, 0.1) is 11.3 Å². The number of fused-ring (bicyclic) bond motifs is 1. The summed E-state index contributed by atoms with van der Waals surface area (Å²) < 4.78 is 11.4. The van der Waals surface area contributed by atoms with Gasteiger partial charge in [0.2, 0.25) is 0 Å². The Morgan fingerprint density at radius 2 is 2.00 bits per heavy atom. The Balaban J connectivity index is 1.56. The second kappa shape index (κ2) is 8.67. The highest BCUT2D eigenvalue weighted by Crippen LogP contribution is 2.30. The molecule has 1 aliphatic heterocycles. The van der Waals surface area contributed by atoms with Crippen molar-refractivity contribution < 1.29 is 14.3 Å². The molecular weight excluding hydrogens is 389 g/mol. The van der Waals surface area contributed by atoms with Crippen molar-refractivity contribution in [1.82, 2.24) is 5.32 Å². The van der Waals surface area contributed by atoms with Crippen LogP contribution in [0.25, 0.3) is 0 Å². The highest BCUT2D eigenvalue weighted by molar-refractivity contribution is 6.42. The second-order valence-electron chi connectivity index (χ2n) is 5.66. The summed E-state index contributed by atoms with van der Waals surface area (Å²) in [5.74, 6) is 0.801. The van der Waals surface area contributed by atoms with Crippen LogP contribution < -0.4 is 20.1 Å². The first kappa shape index (κ1) is 18.9. The van der Waals surface area contributed by atoms with E-state index in [-0.39, 0.29) is 11.7 Å². The molecule has 6 nitrogen and oxygen atoms in total. The number of carbonyl (C=O) groups excluding carboxylic acids is 1. The number of para-hydroxylation sites is 2. The van der Waals surface area contributed by atoms with E-state index in [4.69, 9.17) is 32.7 Å². The number of hydrogen-bond donors (Lipinski definition) is 2. The van der Waals surface area contributed by atoms with Crippen molar-refractivity contribution in [2.75, 3.05) is 18.5 Å². The van der Waals surface area contributed by atoms with Gasteiger partial charge in [-0.1, -0.05) is 35.3 Å². The number of hydrogen-bond acceptors (Lipinski definition) is 5. The molecule has 2 N–H and O–H groups in total. The molecule has 138 valence electrons. The maximum absolute atomic E-state index is 12.2. The van der Waals surface area contributed by atoms with Gasteiger partial charge in [-0.05, 0) is 30.3 Å². The molecule has 27 heavy (non-hydrogen) atoms. The molecule has 1 amide bonds. The van der Waals surface area contributed by atoms with Gasteiger partial charge in [0.15, 0.2) is 11.5 Å². The zero-order chi connectivity index (χ0) is 19.2. The molecule has 0 spiro atoms. The molecule has 2 aromatic carbocycles. The smallest absolute Gasteiger partial charge is 0.267 e. The van der Waals surface area contributed by atoms with Crippen molar-refractivity contribution in [2.45, 2.75) is 6.10 Å². The largest absolute Gasteiger partial charge is 0.486 e. The fraction of sp³-hybridized carbons (Fsp3) is 0.158. The number of amides is 1. The van der Waals surface area contributed by atoms with Crippen LogP contribution in [0.5, 0.6) is 11.5 Å². The number of nitrogens with one attached hydrogen (secondary N) is 2. The van der Waals surface area contributed by atoms with E-state index in [2.05, 4.69) is 10.6 Å². The molecular formula is C19H15Cl2N3O3. The van der Waals surface area contributed by atoms with Crippen LogP contribution in [0.1, 0.15) is 0 Å². The summed E-state index contributed by atoms with van der Waals surface area (Å²) in [4.78, 5) is 12.2. The molecule has 0 bridgehead atoms. The van der Waals surface area contributed by atoms with Crippen molar-refractivity contribution in [3.8, 4) is 17.6 Å². The van der Waals surface area contributed by atoms with E-state index in [0.717, 1.165) is 0 Å². The lowest BCUT2D eigenvalue weighted by atomic mass is 10.2. The van der Waals surface area contributed by atoms with Gasteiger partial charge in [-0.25, -0.2) is 0 Å². The lowest BCUT2D eigenvalue weighted by Crippen LogP contribution is -2.37. The summed E-state index contributed by atoms with van der Waals surface area (Å²) in [5.41, 5.74) is 0.356. The zero-order valence-electron chi connectivity index (χ0n) is 14.0. The van der Waals surface area contributed by atoms with Gasteiger partial charge >= 0.3 is 0 Å². The van der Waals surface area contributed by atoms with E-state index < -0.39 is 5.91 Å². The van der Waals surface area contributed by atoms with Gasteiger partial charge in [-0.15, -0.1) is 0 Å². The van der Waals surface area contributed by atoms with Gasteiger partial charge in [0, 0.05) is 11.9 Å². The lowest BCUT2D eigenvalue weighted by molar-refractivity contribution is -0.112. The van der Waals surface area contributed by atoms with Gasteiger partial charge in [-0.2, -0.15) is 5.26 Å². The molecule has 0 saturated heterocycles. The topological polar surface area (TPSA) is 83.4 Å². The quantitative estimate of drug-likeness (QED) is 0.586. The third-order valence-electron chi connectivity index (χ3n) is 3.70. The average molecular weight is 404 g/mol. The third-order valence-corrected chi connectivity index (χ3v) is 4.44. The summed E-state index contributed by atoms with van der Waals surface area (Å²) in [7, 11) is 0. The number of benzene rings is 2. The van der Waals surface area contributed by atoms with Gasteiger partial charge < -0.3 is 20.1 Å². The standard InChI is InChI=1S/C19H15Cl2N3O3/c20-15-6-5-13(7-16(15)21)24-19(25)12(8-22)9-23-10-14-11-26-17-3-1-2-4-18(17)27-14/h1-7,9,14,23H,10-11H2,(H,24,25)/b12-9-. The molecule has 3 rings (SSSR count). The maximum atomic E-state index is 12.2. The SMILES string of the molecule is N#C/C(=C/NCC1COc2ccccc2O1)C(=O)Nc1ccc(Cl)c(Cl)c1. The highest BCUT2D eigenvalue weighted by Gasteiger charge is 2.20. The number of ether oxygens (including phenoxy) is 2. The van der Waals surface area contributed by atoms with Crippen LogP contribution in [-0.2, 0) is 4.79 Å². The van der Waals surface area contributed by atoms with Gasteiger partial charge in [0.1, 0.15) is 24.4 Å². The number of carbonyl (C=O) groups is 1. The summed E-state index contributed by atoms with van der Waals surface area (Å²) in [6.07, 6.45) is 1.10. The first-order chi connectivity index (χ1) is 13.1. The van der Waals surface area contributed by atoms with E-state index >= 15 is 0 Å². The first-order valence-electron chi connectivity index (χ1n) is 8.05. The molecule has 0 saturated carbocycles. The summed E-state index contributed by atoms with van der Waals surface area (Å²) in [6, 6.07) is 13.9. The third kappa shape index (κ3) is 4.85. The predicted octanol–water partition coefficient (Wildman–Crippen LogP) is 3.77. The van der Waals surface area contributed by atoms with Gasteiger partial charge in [0.05, 0.1) is 16.6 Å². The monoisotopic (exact) mass is 403 g/mol. The zero-order valence-corrected chi connectivity index (χ0v) is 15.6. The van der Waals surface area contributed by atoms with Crippen LogP contribution >= 0.6 is 23.2 Å². The van der Waals surface area contributed by atoms with Crippen molar-refractivity contribution in [2.24, 2.45) is 0 Å². The average Bonchev–Trinajstić information content (AvgIpc) is 2.68. The predicted molar refractivity (Wildman–Crippen MR) is 103 cm³/mol. The fourth-order valence-corrected chi connectivity index (χ4v) is 2.68. The van der Waals surface area contributed by atoms with Gasteiger partial charge in [-0.3, -0.25) is 4.79 Å². The first-order valence-corrected chi connectivity index (χ1v) is 8.81. The molecule has 1 unspecified atom stereocenters. The summed E-state index contributed by atoms with van der Waals surface area (Å²) in [6.45, 7) is 0.745. The molecule has 1 atom stereocenters. The van der Waals surface area contributed by atoms with Gasteiger partial charge in [0.25, 0.3) is 5.91 Å². The minimum absolute atomic E-state index is 0.0850. The number of anilines is 1. The molecule has 0 aliphatic carbocycles. The summed E-state index contributed by atoms with van der Waals surface area (Å²) in [5, 5.41) is 15.4. The summed E-state index contributed by atoms with van der Waals surface area (Å²) >= 11 is 11.8. The van der Waals surface area contributed by atoms with E-state index in [1.807, 2.05) is 30.3 Å². The van der Waals surface area contributed by atoms with E-state index in [0.29, 0.717) is 40.4 Å². The number of nitriles is 1. The Morgan fingerprint density at radius 3 is 2.74 bits per heavy atom. The van der Waals surface area contributed by atoms with Crippen LogP contribution in [-0.4, -0.2) is 25.2 Å². The van der Waals surface area contributed by atoms with Crippen molar-refractivity contribution in [3.63, 3.8) is 0 Å². The Morgan fingerprint density at radius 1 is 1.22 bits per heavy atom. The highest BCUT2D eigenvalue weighted by atomic mass is 35.5. The molecule has 8 heteroatoms. The molecule has 0 fully saturated rings. The van der Waals surface area contributed by atoms with E-state index in [1.165, 1.54) is 12.3 Å². The lowest BCUT2D eigenvalue weighted by Gasteiger charge is -2.26. The molecule has 2 aromatic rings. The van der Waals surface area contributed by atoms with E-state index in [9.17, 15) is 10.1 Å². The van der Waals surface area contributed by atoms with Crippen molar-refractivity contribution >= 4 is 34.8 Å². The minimum atomic E-state index is -0.561. The molecule has 1 aliphatic rings. The number of rotatable bonds is 5. The molecule has 0 aromatic heterocycles. The van der Waals surface area contributed by atoms with E-state index in [1.54, 1.807) is 12.1 Å². The Bertz CT molecular complexity index is 925. The maximum Gasteiger partial charge on any atom is 0.267 e. The van der Waals surface area contributed by atoms with Crippen molar-refractivity contribution in [1.29, 1.82) is 5.26 Å². The van der Waals surface area contributed by atoms with Crippen molar-refractivity contribution in [3.05, 3.63) is 64.3 Å². The molecule has 0 radical (unpaired) electrons. The van der Waals surface area contributed by atoms with Crippen LogP contribution in [0.2, 0.25) is 10.0 Å². The van der Waals surface area contributed by atoms with Crippen LogP contribution in [0.15, 0.2) is 54.2 Å². The number of halogens is 2. The number of nitrogens with zero attached hydrogens (tertiary/aromatic N) is 1. The second-order valence-corrected chi connectivity index (χ2v) is 6.47. The Labute approximate surface area is 166 Å². The normalized spacial score (nSPS) is 15.6. The van der Waals surface area contributed by atoms with Crippen LogP contribution in [0.3, 0.4) is 0 Å². The Kier molecular flexibility index (Phi) is 6.07.